The molecule has 1 N–H and O–H groups in total. The molecule has 0 spiro atoms. The molecule has 5 nitrogen and oxygen atoms in total. The van der Waals surface area contributed by atoms with Gasteiger partial charge in [0.2, 0.25) is 0 Å². The molecule has 2 aromatic rings. The summed E-state index contributed by atoms with van der Waals surface area (Å²) in [6.07, 6.45) is 2.50. The van der Waals surface area contributed by atoms with Crippen LogP contribution in [0.25, 0.3) is 0 Å². The van der Waals surface area contributed by atoms with Gasteiger partial charge in [-0.25, -0.2) is 8.42 Å². The van der Waals surface area contributed by atoms with Gasteiger partial charge < -0.3 is 5.32 Å². The van der Waals surface area contributed by atoms with E-state index in [1.165, 1.54) is 18.2 Å². The number of hydrogen-bond donors (Lipinski definition) is 1. The summed E-state index contributed by atoms with van der Waals surface area (Å²) < 4.78 is 22.9. The van der Waals surface area contributed by atoms with Gasteiger partial charge in [0.25, 0.3) is 5.91 Å². The first kappa shape index (κ1) is 22.5. The van der Waals surface area contributed by atoms with Gasteiger partial charge in [0.1, 0.15) is 0 Å². The lowest BCUT2D eigenvalue weighted by molar-refractivity contribution is 0.0951. The summed E-state index contributed by atoms with van der Waals surface area (Å²) in [5.41, 5.74) is 3.43. The van der Waals surface area contributed by atoms with E-state index in [2.05, 4.69) is 48.3 Å². The van der Waals surface area contributed by atoms with E-state index in [1.807, 2.05) is 0 Å². The molecule has 0 unspecified atom stereocenters. The van der Waals surface area contributed by atoms with Gasteiger partial charge in [-0.2, -0.15) is 0 Å². The number of nitrogens with one attached hydrogen (secondary N) is 1. The Kier molecular flexibility index (Phi) is 7.32. The zero-order valence-electron chi connectivity index (χ0n) is 18.1. The standard InChI is InChI=1S/C24H32N2O3S/c1-18-11-19(2)15-26(14-18)16-21-9-7-20(8-10-21)13-25-24(27)23-6-4-5-22(12-23)17-30(3,28)29/h4-10,12,18-19H,11,13-17H2,1-3H3,(H,25,27)/t18-,19-/m1/s1. The predicted octanol–water partition coefficient (Wildman–Crippen LogP) is 3.64. The molecule has 2 atom stereocenters. The molecule has 30 heavy (non-hydrogen) atoms. The van der Waals surface area contributed by atoms with Crippen LogP contribution < -0.4 is 5.32 Å². The second-order valence-electron chi connectivity index (χ2n) is 8.91. The van der Waals surface area contributed by atoms with Crippen molar-refractivity contribution in [2.24, 2.45) is 11.8 Å². The third kappa shape index (κ3) is 6.96. The smallest absolute Gasteiger partial charge is 0.251 e. The Balaban J connectivity index is 1.53. The van der Waals surface area contributed by atoms with Crippen LogP contribution in [0, 0.1) is 11.8 Å². The first-order chi connectivity index (χ1) is 14.2. The minimum absolute atomic E-state index is 0.0653. The fourth-order valence-corrected chi connectivity index (χ4v) is 5.12. The van der Waals surface area contributed by atoms with E-state index >= 15 is 0 Å². The van der Waals surface area contributed by atoms with E-state index in [4.69, 9.17) is 0 Å². The van der Waals surface area contributed by atoms with Gasteiger partial charge in [-0.15, -0.1) is 0 Å². The maximum atomic E-state index is 12.5. The van der Waals surface area contributed by atoms with Crippen molar-refractivity contribution in [3.05, 3.63) is 70.8 Å². The normalized spacial score (nSPS) is 20.1. The molecule has 0 bridgehead atoms. The van der Waals surface area contributed by atoms with Gasteiger partial charge in [-0.05, 0) is 47.1 Å². The van der Waals surface area contributed by atoms with Crippen molar-refractivity contribution in [1.82, 2.24) is 10.2 Å². The number of piperidine rings is 1. The summed E-state index contributed by atoms with van der Waals surface area (Å²) in [6, 6.07) is 15.2. The Labute approximate surface area is 180 Å². The minimum Gasteiger partial charge on any atom is -0.348 e. The second kappa shape index (κ2) is 9.75. The Morgan fingerprint density at radius 3 is 2.27 bits per heavy atom. The second-order valence-corrected chi connectivity index (χ2v) is 11.0. The Morgan fingerprint density at radius 2 is 1.63 bits per heavy atom. The van der Waals surface area contributed by atoms with Crippen LogP contribution in [0.2, 0.25) is 0 Å². The first-order valence-corrected chi connectivity index (χ1v) is 12.6. The molecule has 162 valence electrons. The number of sulfone groups is 1. The highest BCUT2D eigenvalue weighted by molar-refractivity contribution is 7.89. The average Bonchev–Trinajstić information content (AvgIpc) is 2.65. The summed E-state index contributed by atoms with van der Waals surface area (Å²) >= 11 is 0. The van der Waals surface area contributed by atoms with E-state index in [9.17, 15) is 13.2 Å². The lowest BCUT2D eigenvalue weighted by Gasteiger charge is -2.35. The lowest BCUT2D eigenvalue weighted by atomic mass is 9.91. The fourth-order valence-electron chi connectivity index (χ4n) is 4.33. The maximum Gasteiger partial charge on any atom is 0.251 e. The molecule has 0 aliphatic carbocycles. The van der Waals surface area contributed by atoms with Crippen molar-refractivity contribution < 1.29 is 13.2 Å². The van der Waals surface area contributed by atoms with Crippen LogP contribution in [0.3, 0.4) is 0 Å². The number of rotatable bonds is 7. The van der Waals surface area contributed by atoms with Crippen LogP contribution in [0.5, 0.6) is 0 Å². The molecule has 1 amide bonds. The van der Waals surface area contributed by atoms with Crippen LogP contribution in [-0.2, 0) is 28.7 Å². The Morgan fingerprint density at radius 1 is 1.00 bits per heavy atom. The van der Waals surface area contributed by atoms with Gasteiger partial charge >= 0.3 is 0 Å². The first-order valence-electron chi connectivity index (χ1n) is 10.5. The van der Waals surface area contributed by atoms with E-state index in [0.29, 0.717) is 17.7 Å². The summed E-state index contributed by atoms with van der Waals surface area (Å²) in [7, 11) is -3.13. The average molecular weight is 429 g/mol. The van der Waals surface area contributed by atoms with Crippen LogP contribution in [0.15, 0.2) is 48.5 Å². The molecule has 6 heteroatoms. The molecular weight excluding hydrogens is 396 g/mol. The summed E-state index contributed by atoms with van der Waals surface area (Å²) in [5, 5.41) is 2.92. The Hall–Kier alpha value is -2.18. The Bertz CT molecular complexity index is 960. The van der Waals surface area contributed by atoms with Gasteiger partial charge in [0.05, 0.1) is 5.75 Å². The fraction of sp³-hybridized carbons (Fsp3) is 0.458. The van der Waals surface area contributed by atoms with Crippen molar-refractivity contribution in [2.45, 2.75) is 39.1 Å². The number of carbonyl (C=O) groups is 1. The van der Waals surface area contributed by atoms with Crippen molar-refractivity contribution in [3.63, 3.8) is 0 Å². The number of benzene rings is 2. The van der Waals surface area contributed by atoms with Crippen molar-refractivity contribution >= 4 is 15.7 Å². The summed E-state index contributed by atoms with van der Waals surface area (Å²) in [4.78, 5) is 15.0. The highest BCUT2D eigenvalue weighted by Gasteiger charge is 2.21. The van der Waals surface area contributed by atoms with E-state index < -0.39 is 9.84 Å². The highest BCUT2D eigenvalue weighted by Crippen LogP contribution is 2.22. The zero-order chi connectivity index (χ0) is 21.7. The lowest BCUT2D eigenvalue weighted by Crippen LogP contribution is -2.38. The van der Waals surface area contributed by atoms with E-state index in [0.717, 1.165) is 37.0 Å². The monoisotopic (exact) mass is 428 g/mol. The molecule has 0 saturated carbocycles. The minimum atomic E-state index is -3.13. The molecular formula is C24H32N2O3S. The number of nitrogens with zero attached hydrogens (tertiary/aromatic N) is 1. The molecule has 1 fully saturated rings. The number of likely N-dealkylation sites (tertiary alicyclic amines) is 1. The molecule has 1 saturated heterocycles. The van der Waals surface area contributed by atoms with Gasteiger partial charge in [0, 0.05) is 38.0 Å². The van der Waals surface area contributed by atoms with Crippen LogP contribution in [-0.4, -0.2) is 38.6 Å². The SMILES string of the molecule is C[C@@H]1C[C@@H](C)CN(Cc2ccc(CNC(=O)c3cccc(CS(C)(=O)=O)c3)cc2)C1. The van der Waals surface area contributed by atoms with E-state index in [-0.39, 0.29) is 11.7 Å². The maximum absolute atomic E-state index is 12.5. The largest absolute Gasteiger partial charge is 0.348 e. The predicted molar refractivity (Wildman–Crippen MR) is 121 cm³/mol. The summed E-state index contributed by atoms with van der Waals surface area (Å²) in [5.74, 6) is 1.23. The third-order valence-corrected chi connectivity index (χ3v) is 6.30. The third-order valence-electron chi connectivity index (χ3n) is 5.44. The van der Waals surface area contributed by atoms with Crippen LogP contribution in [0.4, 0.5) is 0 Å². The van der Waals surface area contributed by atoms with Crippen LogP contribution >= 0.6 is 0 Å². The topological polar surface area (TPSA) is 66.5 Å². The van der Waals surface area contributed by atoms with Crippen molar-refractivity contribution in [3.8, 4) is 0 Å². The molecule has 2 aromatic carbocycles. The zero-order valence-corrected chi connectivity index (χ0v) is 18.9. The van der Waals surface area contributed by atoms with Gasteiger partial charge in [-0.1, -0.05) is 50.2 Å². The number of carbonyl (C=O) groups excluding carboxylic acids is 1. The summed E-state index contributed by atoms with van der Waals surface area (Å²) in [6.45, 7) is 8.36. The molecule has 0 aromatic heterocycles. The molecule has 3 rings (SSSR count). The van der Waals surface area contributed by atoms with Gasteiger partial charge in [-0.3, -0.25) is 9.69 Å². The van der Waals surface area contributed by atoms with Crippen molar-refractivity contribution in [2.75, 3.05) is 19.3 Å². The number of hydrogen-bond acceptors (Lipinski definition) is 4. The molecule has 1 aliphatic heterocycles. The van der Waals surface area contributed by atoms with Crippen molar-refractivity contribution in [1.29, 1.82) is 0 Å². The van der Waals surface area contributed by atoms with E-state index in [1.54, 1.807) is 24.3 Å². The molecule has 0 radical (unpaired) electrons. The van der Waals surface area contributed by atoms with Crippen LogP contribution in [0.1, 0.15) is 47.3 Å². The van der Waals surface area contributed by atoms with Gasteiger partial charge in [0.15, 0.2) is 9.84 Å². The number of amides is 1. The highest BCUT2D eigenvalue weighted by atomic mass is 32.2. The molecule has 1 heterocycles. The molecule has 1 aliphatic rings. The quantitative estimate of drug-likeness (QED) is 0.731.